The number of nitrogens with zero attached hydrogens (tertiary/aromatic N) is 1. The van der Waals surface area contributed by atoms with Crippen LogP contribution in [0.2, 0.25) is 0 Å². The van der Waals surface area contributed by atoms with Crippen LogP contribution in [0.5, 0.6) is 5.75 Å². The predicted octanol–water partition coefficient (Wildman–Crippen LogP) is 5.16. The van der Waals surface area contributed by atoms with Crippen LogP contribution < -0.4 is 10.1 Å². The Balaban J connectivity index is 1.21. The second kappa shape index (κ2) is 9.67. The Bertz CT molecular complexity index is 1280. The summed E-state index contributed by atoms with van der Waals surface area (Å²) >= 11 is 0. The molecule has 2 heterocycles. The topological polar surface area (TPSA) is 71.8 Å². The van der Waals surface area contributed by atoms with E-state index in [1.165, 1.54) is 0 Å². The molecule has 0 saturated carbocycles. The lowest BCUT2D eigenvalue weighted by Crippen LogP contribution is -2.35. The number of para-hydroxylation sites is 1. The standard InChI is InChI=1S/C28H24N2O4/c31-27(19-33-24-9-5-2-6-10-24)29-23-13-11-20(12-14-23)26-17-22-18-30(16-15-25(22)34-26)28(32)21-7-3-1-4-8-21/h1-14,17H,15-16,18-19H2,(H,29,31). The molecule has 0 fully saturated rings. The number of carbonyl (C=O) groups is 2. The maximum absolute atomic E-state index is 12.8. The highest BCUT2D eigenvalue weighted by Gasteiger charge is 2.25. The minimum atomic E-state index is -0.228. The van der Waals surface area contributed by atoms with Gasteiger partial charge >= 0.3 is 0 Å². The normalized spacial score (nSPS) is 12.6. The first kappa shape index (κ1) is 21.5. The summed E-state index contributed by atoms with van der Waals surface area (Å²) in [5, 5.41) is 2.83. The van der Waals surface area contributed by atoms with E-state index in [2.05, 4.69) is 5.32 Å². The van der Waals surface area contributed by atoms with E-state index in [1.807, 2.05) is 95.9 Å². The van der Waals surface area contributed by atoms with Gasteiger partial charge in [-0.15, -0.1) is 0 Å². The van der Waals surface area contributed by atoms with Crippen LogP contribution in [0.3, 0.4) is 0 Å². The molecular weight excluding hydrogens is 428 g/mol. The van der Waals surface area contributed by atoms with Crippen molar-refractivity contribution in [1.82, 2.24) is 4.90 Å². The Morgan fingerprint density at radius 2 is 1.62 bits per heavy atom. The number of ether oxygens (including phenoxy) is 1. The Morgan fingerprint density at radius 1 is 0.912 bits per heavy atom. The molecule has 6 nitrogen and oxygen atoms in total. The largest absolute Gasteiger partial charge is 0.484 e. The quantitative estimate of drug-likeness (QED) is 0.439. The molecule has 6 heteroatoms. The number of fused-ring (bicyclic) bond motifs is 1. The van der Waals surface area contributed by atoms with Crippen molar-refractivity contribution in [1.29, 1.82) is 0 Å². The minimum absolute atomic E-state index is 0.0327. The van der Waals surface area contributed by atoms with Crippen LogP contribution in [0.25, 0.3) is 11.3 Å². The van der Waals surface area contributed by atoms with Crippen molar-refractivity contribution in [2.45, 2.75) is 13.0 Å². The van der Waals surface area contributed by atoms with Gasteiger partial charge in [0.1, 0.15) is 17.3 Å². The Hall–Kier alpha value is -4.32. The molecule has 0 radical (unpaired) electrons. The molecule has 0 unspecified atom stereocenters. The fourth-order valence-electron chi connectivity index (χ4n) is 3.99. The SMILES string of the molecule is O=C(COc1ccccc1)Nc1ccc(-c2cc3c(o2)CCN(C(=O)c2ccccc2)C3)cc1. The summed E-state index contributed by atoms with van der Waals surface area (Å²) in [7, 11) is 0. The predicted molar refractivity (Wildman–Crippen MR) is 130 cm³/mol. The summed E-state index contributed by atoms with van der Waals surface area (Å²) in [6.45, 7) is 1.10. The number of anilines is 1. The maximum Gasteiger partial charge on any atom is 0.262 e. The van der Waals surface area contributed by atoms with Gasteiger partial charge in [0.2, 0.25) is 0 Å². The summed E-state index contributed by atoms with van der Waals surface area (Å²) < 4.78 is 11.6. The number of hydrogen-bond donors (Lipinski definition) is 1. The fourth-order valence-corrected chi connectivity index (χ4v) is 3.99. The lowest BCUT2D eigenvalue weighted by Gasteiger charge is -2.26. The van der Waals surface area contributed by atoms with Crippen molar-refractivity contribution in [3.05, 3.63) is 108 Å². The average Bonchev–Trinajstić information content (AvgIpc) is 3.32. The van der Waals surface area contributed by atoms with E-state index in [4.69, 9.17) is 9.15 Å². The molecule has 1 aliphatic heterocycles. The van der Waals surface area contributed by atoms with Gasteiger partial charge in [0.25, 0.3) is 11.8 Å². The van der Waals surface area contributed by atoms with Crippen LogP contribution >= 0.6 is 0 Å². The first-order valence-corrected chi connectivity index (χ1v) is 11.2. The molecule has 34 heavy (non-hydrogen) atoms. The molecule has 0 saturated heterocycles. The molecule has 4 aromatic rings. The first-order valence-electron chi connectivity index (χ1n) is 11.2. The van der Waals surface area contributed by atoms with Crippen molar-refractivity contribution >= 4 is 17.5 Å². The van der Waals surface area contributed by atoms with E-state index in [0.29, 0.717) is 36.5 Å². The minimum Gasteiger partial charge on any atom is -0.484 e. The zero-order chi connectivity index (χ0) is 23.3. The van der Waals surface area contributed by atoms with Gasteiger partial charge in [-0.05, 0) is 54.6 Å². The summed E-state index contributed by atoms with van der Waals surface area (Å²) in [4.78, 5) is 26.8. The Kier molecular flexibility index (Phi) is 6.12. The van der Waals surface area contributed by atoms with Gasteiger partial charge in [0.15, 0.2) is 6.61 Å². The van der Waals surface area contributed by atoms with Crippen LogP contribution in [-0.4, -0.2) is 29.9 Å². The Morgan fingerprint density at radius 3 is 2.35 bits per heavy atom. The van der Waals surface area contributed by atoms with Crippen LogP contribution in [0, 0.1) is 0 Å². The summed E-state index contributed by atoms with van der Waals surface area (Å²) in [6.07, 6.45) is 0.684. The second-order valence-electron chi connectivity index (χ2n) is 8.13. The van der Waals surface area contributed by atoms with Gasteiger partial charge in [-0.25, -0.2) is 0 Å². The number of nitrogens with one attached hydrogen (secondary N) is 1. The van der Waals surface area contributed by atoms with Gasteiger partial charge < -0.3 is 19.4 Å². The lowest BCUT2D eigenvalue weighted by atomic mass is 10.1. The van der Waals surface area contributed by atoms with Gasteiger partial charge in [0, 0.05) is 41.9 Å². The highest BCUT2D eigenvalue weighted by atomic mass is 16.5. The van der Waals surface area contributed by atoms with Crippen LogP contribution in [-0.2, 0) is 17.8 Å². The zero-order valence-corrected chi connectivity index (χ0v) is 18.6. The average molecular weight is 453 g/mol. The molecule has 0 atom stereocenters. The summed E-state index contributed by atoms with van der Waals surface area (Å²) in [5.41, 5.74) is 3.32. The monoisotopic (exact) mass is 452 g/mol. The summed E-state index contributed by atoms with van der Waals surface area (Å²) in [6, 6.07) is 28.0. The van der Waals surface area contributed by atoms with E-state index in [1.54, 1.807) is 0 Å². The first-order chi connectivity index (χ1) is 16.7. The number of benzene rings is 3. The van der Waals surface area contributed by atoms with E-state index in [0.717, 1.165) is 22.6 Å². The molecular formula is C28H24N2O4. The molecule has 170 valence electrons. The molecule has 5 rings (SSSR count). The third kappa shape index (κ3) is 4.86. The molecule has 0 bridgehead atoms. The van der Waals surface area contributed by atoms with Gasteiger partial charge in [-0.3, -0.25) is 9.59 Å². The van der Waals surface area contributed by atoms with Crippen molar-refractivity contribution < 1.29 is 18.7 Å². The highest BCUT2D eigenvalue weighted by molar-refractivity contribution is 5.94. The van der Waals surface area contributed by atoms with E-state index in [9.17, 15) is 9.59 Å². The van der Waals surface area contributed by atoms with E-state index in [-0.39, 0.29) is 18.4 Å². The third-order valence-electron chi connectivity index (χ3n) is 5.74. The molecule has 0 aliphatic carbocycles. The number of amides is 2. The third-order valence-corrected chi connectivity index (χ3v) is 5.74. The van der Waals surface area contributed by atoms with Crippen molar-refractivity contribution in [3.8, 4) is 17.1 Å². The van der Waals surface area contributed by atoms with Crippen molar-refractivity contribution in [2.24, 2.45) is 0 Å². The molecule has 1 aliphatic rings. The fraction of sp³-hybridized carbons (Fsp3) is 0.143. The van der Waals surface area contributed by atoms with Gasteiger partial charge in [-0.1, -0.05) is 36.4 Å². The van der Waals surface area contributed by atoms with Crippen molar-refractivity contribution in [3.63, 3.8) is 0 Å². The Labute approximate surface area is 197 Å². The molecule has 2 amide bonds. The highest BCUT2D eigenvalue weighted by Crippen LogP contribution is 2.30. The number of rotatable bonds is 6. The lowest BCUT2D eigenvalue weighted by molar-refractivity contribution is -0.118. The second-order valence-corrected chi connectivity index (χ2v) is 8.13. The van der Waals surface area contributed by atoms with Crippen molar-refractivity contribution in [2.75, 3.05) is 18.5 Å². The molecule has 1 N–H and O–H groups in total. The number of hydrogen-bond acceptors (Lipinski definition) is 4. The van der Waals surface area contributed by atoms with E-state index >= 15 is 0 Å². The number of carbonyl (C=O) groups excluding carboxylic acids is 2. The van der Waals surface area contributed by atoms with Crippen LogP contribution in [0.1, 0.15) is 21.7 Å². The molecule has 0 spiro atoms. The number of furan rings is 1. The van der Waals surface area contributed by atoms with Crippen LogP contribution in [0.15, 0.2) is 95.4 Å². The van der Waals surface area contributed by atoms with Crippen LogP contribution in [0.4, 0.5) is 5.69 Å². The maximum atomic E-state index is 12.8. The van der Waals surface area contributed by atoms with Gasteiger partial charge in [-0.2, -0.15) is 0 Å². The molecule has 1 aromatic heterocycles. The van der Waals surface area contributed by atoms with E-state index < -0.39 is 0 Å². The molecule has 3 aromatic carbocycles. The smallest absolute Gasteiger partial charge is 0.262 e. The summed E-state index contributed by atoms with van der Waals surface area (Å²) in [5.74, 6) is 2.13. The van der Waals surface area contributed by atoms with Gasteiger partial charge in [0.05, 0.1) is 0 Å². The zero-order valence-electron chi connectivity index (χ0n) is 18.6.